The second-order valence-corrected chi connectivity index (χ2v) is 8.84. The average molecular weight is 471 g/mol. The molecule has 0 radical (unpaired) electrons. The highest BCUT2D eigenvalue weighted by molar-refractivity contribution is 7.92. The Hall–Kier alpha value is -2.98. The number of halogens is 1. The third kappa shape index (κ3) is 5.80. The van der Waals surface area contributed by atoms with Crippen molar-refractivity contribution in [1.82, 2.24) is 0 Å². The first kappa shape index (κ1) is 24.3. The maximum Gasteiger partial charge on any atom is 0.340 e. The van der Waals surface area contributed by atoms with Crippen molar-refractivity contribution in [2.45, 2.75) is 6.92 Å². The highest BCUT2D eigenvalue weighted by atomic mass is 35.5. The first-order valence-electron chi connectivity index (χ1n) is 8.89. The summed E-state index contributed by atoms with van der Waals surface area (Å²) in [5, 5.41) is 2.87. The summed E-state index contributed by atoms with van der Waals surface area (Å²) in [5.74, 6) is -0.895. The summed E-state index contributed by atoms with van der Waals surface area (Å²) < 4.78 is 40.8. The topological polar surface area (TPSA) is 111 Å². The first-order chi connectivity index (χ1) is 14.5. The lowest BCUT2D eigenvalue weighted by atomic mass is 10.1. The van der Waals surface area contributed by atoms with E-state index in [2.05, 4.69) is 5.32 Å². The summed E-state index contributed by atoms with van der Waals surface area (Å²) >= 11 is 6.01. The van der Waals surface area contributed by atoms with E-state index in [4.69, 9.17) is 25.8 Å². The van der Waals surface area contributed by atoms with Crippen molar-refractivity contribution < 1.29 is 32.2 Å². The fourth-order valence-corrected chi connectivity index (χ4v) is 3.89. The predicted octanol–water partition coefficient (Wildman–Crippen LogP) is 2.86. The van der Waals surface area contributed by atoms with Crippen molar-refractivity contribution in [3.63, 3.8) is 0 Å². The van der Waals surface area contributed by atoms with Crippen LogP contribution in [0.3, 0.4) is 0 Å². The minimum atomic E-state index is -3.82. The third-order valence-corrected chi connectivity index (χ3v) is 5.69. The molecule has 0 spiro atoms. The Bertz CT molecular complexity index is 1100. The summed E-state index contributed by atoms with van der Waals surface area (Å²) in [5.41, 5.74) is 0.971. The van der Waals surface area contributed by atoms with E-state index in [9.17, 15) is 18.0 Å². The number of ether oxygens (including phenoxy) is 3. The van der Waals surface area contributed by atoms with E-state index in [0.29, 0.717) is 10.6 Å². The molecule has 0 aliphatic heterocycles. The quantitative estimate of drug-likeness (QED) is 0.590. The zero-order valence-electron chi connectivity index (χ0n) is 17.7. The standard InChI is InChI=1S/C20H23ClN2O7S/c1-12-6-7-13(21)8-16(12)23(31(5,26)27)11-19(24)22-15-10-18(29-3)17(28-2)9-14(15)20(25)30-4/h6-10H,11H2,1-5H3,(H,22,24). The van der Waals surface area contributed by atoms with Gasteiger partial charge in [-0.2, -0.15) is 0 Å². The van der Waals surface area contributed by atoms with Gasteiger partial charge in [0.2, 0.25) is 15.9 Å². The van der Waals surface area contributed by atoms with Crippen molar-refractivity contribution in [2.75, 3.05) is 43.8 Å². The molecule has 0 heterocycles. The summed E-state index contributed by atoms with van der Waals surface area (Å²) in [6, 6.07) is 7.47. The van der Waals surface area contributed by atoms with Gasteiger partial charge >= 0.3 is 5.97 Å². The van der Waals surface area contributed by atoms with Gasteiger partial charge in [0, 0.05) is 17.2 Å². The SMILES string of the molecule is COC(=O)c1cc(OC)c(OC)cc1NC(=O)CN(c1cc(Cl)ccc1C)S(C)(=O)=O. The maximum atomic E-state index is 12.8. The van der Waals surface area contributed by atoms with Gasteiger partial charge in [-0.1, -0.05) is 17.7 Å². The Morgan fingerprint density at radius 1 is 1.06 bits per heavy atom. The smallest absolute Gasteiger partial charge is 0.340 e. The molecule has 0 saturated heterocycles. The Morgan fingerprint density at radius 3 is 2.23 bits per heavy atom. The van der Waals surface area contributed by atoms with Crippen LogP contribution in [0.2, 0.25) is 5.02 Å². The molecule has 11 heteroatoms. The number of aryl methyl sites for hydroxylation is 1. The minimum absolute atomic E-state index is 0.0124. The lowest BCUT2D eigenvalue weighted by Crippen LogP contribution is -2.38. The summed E-state index contributed by atoms with van der Waals surface area (Å²) in [6.07, 6.45) is 0.983. The van der Waals surface area contributed by atoms with Crippen LogP contribution in [0.5, 0.6) is 11.5 Å². The molecule has 0 saturated carbocycles. The molecular formula is C20H23ClN2O7S. The van der Waals surface area contributed by atoms with E-state index in [1.807, 2.05) is 0 Å². The molecule has 2 aromatic carbocycles. The molecule has 0 unspecified atom stereocenters. The van der Waals surface area contributed by atoms with Gasteiger partial charge in [-0.05, 0) is 24.6 Å². The van der Waals surface area contributed by atoms with E-state index in [1.54, 1.807) is 19.1 Å². The number of amides is 1. The van der Waals surface area contributed by atoms with Gasteiger partial charge in [0.05, 0.1) is 44.5 Å². The number of benzene rings is 2. The summed E-state index contributed by atoms with van der Waals surface area (Å²) in [7, 11) is 0.165. The van der Waals surface area contributed by atoms with Gasteiger partial charge < -0.3 is 19.5 Å². The first-order valence-corrected chi connectivity index (χ1v) is 11.1. The number of carbonyl (C=O) groups excluding carboxylic acids is 2. The molecule has 2 aromatic rings. The number of carbonyl (C=O) groups is 2. The van der Waals surface area contributed by atoms with E-state index >= 15 is 0 Å². The van der Waals surface area contributed by atoms with E-state index in [1.165, 1.54) is 39.5 Å². The number of esters is 1. The molecule has 0 aliphatic carbocycles. The molecule has 168 valence electrons. The van der Waals surface area contributed by atoms with Gasteiger partial charge in [0.25, 0.3) is 0 Å². The second kappa shape index (κ2) is 9.88. The molecule has 31 heavy (non-hydrogen) atoms. The predicted molar refractivity (Wildman–Crippen MR) is 118 cm³/mol. The molecule has 9 nitrogen and oxygen atoms in total. The maximum absolute atomic E-state index is 12.8. The number of nitrogens with zero attached hydrogens (tertiary/aromatic N) is 1. The van der Waals surface area contributed by atoms with Gasteiger partial charge in [-0.3, -0.25) is 9.10 Å². The van der Waals surface area contributed by atoms with E-state index in [0.717, 1.165) is 10.6 Å². The van der Waals surface area contributed by atoms with Crippen molar-refractivity contribution >= 4 is 44.9 Å². The monoisotopic (exact) mass is 470 g/mol. The van der Waals surface area contributed by atoms with Crippen molar-refractivity contribution in [3.8, 4) is 11.5 Å². The number of methoxy groups -OCH3 is 3. The molecule has 0 atom stereocenters. The number of anilines is 2. The summed E-state index contributed by atoms with van der Waals surface area (Å²) in [4.78, 5) is 25.0. The van der Waals surface area contributed by atoms with Gasteiger partial charge in [-0.25, -0.2) is 13.2 Å². The van der Waals surface area contributed by atoms with E-state index in [-0.39, 0.29) is 28.4 Å². The van der Waals surface area contributed by atoms with Crippen LogP contribution in [0.4, 0.5) is 11.4 Å². The highest BCUT2D eigenvalue weighted by Crippen LogP contribution is 2.34. The Kier molecular flexibility index (Phi) is 7.75. The number of hydrogen-bond acceptors (Lipinski definition) is 7. The van der Waals surface area contributed by atoms with Crippen LogP contribution in [0.1, 0.15) is 15.9 Å². The number of sulfonamides is 1. The van der Waals surface area contributed by atoms with Crippen LogP contribution in [0.15, 0.2) is 30.3 Å². The third-order valence-electron chi connectivity index (χ3n) is 4.33. The second-order valence-electron chi connectivity index (χ2n) is 6.49. The molecule has 0 aliphatic rings. The van der Waals surface area contributed by atoms with Crippen molar-refractivity contribution in [1.29, 1.82) is 0 Å². The fourth-order valence-electron chi connectivity index (χ4n) is 2.81. The molecule has 1 amide bonds. The largest absolute Gasteiger partial charge is 0.493 e. The van der Waals surface area contributed by atoms with Gasteiger partial charge in [0.15, 0.2) is 11.5 Å². The molecule has 0 bridgehead atoms. The molecule has 1 N–H and O–H groups in total. The Labute approximate surface area is 185 Å². The zero-order chi connectivity index (χ0) is 23.3. The number of hydrogen-bond donors (Lipinski definition) is 1. The van der Waals surface area contributed by atoms with Crippen LogP contribution in [0, 0.1) is 6.92 Å². The number of rotatable bonds is 8. The number of nitrogens with one attached hydrogen (secondary N) is 1. The van der Waals surface area contributed by atoms with Gasteiger partial charge in [-0.15, -0.1) is 0 Å². The average Bonchev–Trinajstić information content (AvgIpc) is 2.72. The van der Waals surface area contributed by atoms with Crippen LogP contribution in [0.25, 0.3) is 0 Å². The van der Waals surface area contributed by atoms with Gasteiger partial charge in [0.1, 0.15) is 6.54 Å². The highest BCUT2D eigenvalue weighted by Gasteiger charge is 2.25. The van der Waals surface area contributed by atoms with Crippen molar-refractivity contribution in [3.05, 3.63) is 46.5 Å². The zero-order valence-corrected chi connectivity index (χ0v) is 19.3. The lowest BCUT2D eigenvalue weighted by molar-refractivity contribution is -0.114. The van der Waals surface area contributed by atoms with Crippen LogP contribution < -0.4 is 19.1 Å². The van der Waals surface area contributed by atoms with Crippen LogP contribution in [-0.4, -0.2) is 54.4 Å². The fraction of sp³-hybridized carbons (Fsp3) is 0.300. The van der Waals surface area contributed by atoms with E-state index < -0.39 is 28.4 Å². The summed E-state index contributed by atoms with van der Waals surface area (Å²) in [6.45, 7) is 1.15. The molecule has 0 fully saturated rings. The Morgan fingerprint density at radius 2 is 1.68 bits per heavy atom. The molecule has 0 aromatic heterocycles. The van der Waals surface area contributed by atoms with Crippen LogP contribution in [-0.2, 0) is 19.6 Å². The molecular weight excluding hydrogens is 448 g/mol. The molecule has 2 rings (SSSR count). The lowest BCUT2D eigenvalue weighted by Gasteiger charge is -2.24. The van der Waals surface area contributed by atoms with Crippen LogP contribution >= 0.6 is 11.6 Å². The van der Waals surface area contributed by atoms with Crippen molar-refractivity contribution in [2.24, 2.45) is 0 Å². The minimum Gasteiger partial charge on any atom is -0.493 e. The normalized spacial score (nSPS) is 10.9. The Balaban J connectivity index is 2.43.